The van der Waals surface area contributed by atoms with Crippen LogP contribution in [0.15, 0.2) is 77.7 Å². The van der Waals surface area contributed by atoms with Gasteiger partial charge in [-0.25, -0.2) is 8.42 Å². The highest BCUT2D eigenvalue weighted by molar-refractivity contribution is 7.92. The van der Waals surface area contributed by atoms with Gasteiger partial charge in [0, 0.05) is 16.9 Å². The monoisotopic (exact) mass is 518 g/mol. The van der Waals surface area contributed by atoms with Crippen LogP contribution in [0.4, 0.5) is 24.5 Å². The number of hydrogen-bond donors (Lipinski definition) is 1. The van der Waals surface area contributed by atoms with E-state index in [-0.39, 0.29) is 17.1 Å². The number of fused-ring (bicyclic) bond motifs is 1. The molecule has 0 saturated carbocycles. The molecule has 0 spiro atoms. The third kappa shape index (κ3) is 5.18. The Morgan fingerprint density at radius 3 is 2.37 bits per heavy atom. The molecule has 5 nitrogen and oxygen atoms in total. The molecule has 0 aliphatic carbocycles. The first-order valence-electron chi connectivity index (χ1n) is 10.6. The van der Waals surface area contributed by atoms with E-state index in [0.717, 1.165) is 22.4 Å². The molecule has 0 aliphatic rings. The minimum atomic E-state index is -4.52. The molecule has 3 aromatic carbocycles. The van der Waals surface area contributed by atoms with Crippen molar-refractivity contribution in [1.82, 2.24) is 0 Å². The Labute approximate surface area is 204 Å². The van der Waals surface area contributed by atoms with Crippen LogP contribution in [0.3, 0.4) is 0 Å². The predicted octanol–water partition coefficient (Wildman–Crippen LogP) is 6.70. The van der Waals surface area contributed by atoms with Crippen LogP contribution in [0.25, 0.3) is 10.1 Å². The van der Waals surface area contributed by atoms with Crippen molar-refractivity contribution >= 4 is 48.7 Å². The lowest BCUT2D eigenvalue weighted by Crippen LogP contribution is -2.30. The first-order valence-corrected chi connectivity index (χ1v) is 12.9. The number of amides is 1. The Bertz CT molecular complexity index is 1490. The van der Waals surface area contributed by atoms with Crippen molar-refractivity contribution in [1.29, 1.82) is 0 Å². The number of carbonyl (C=O) groups excluding carboxylic acids is 1. The van der Waals surface area contributed by atoms with Crippen molar-refractivity contribution in [2.24, 2.45) is 0 Å². The molecule has 0 radical (unpaired) electrons. The van der Waals surface area contributed by atoms with E-state index in [1.54, 1.807) is 55.5 Å². The van der Waals surface area contributed by atoms with Gasteiger partial charge < -0.3 is 5.32 Å². The zero-order valence-electron chi connectivity index (χ0n) is 18.8. The van der Waals surface area contributed by atoms with E-state index in [0.29, 0.717) is 16.0 Å². The summed E-state index contributed by atoms with van der Waals surface area (Å²) in [7, 11) is -3.79. The highest BCUT2D eigenvalue weighted by atomic mass is 32.2. The SMILES string of the molecule is CCN(c1ccc2sc(C(=O)Nc3cccc(C(F)(F)F)c3)cc2c1)S(=O)(=O)c1ccc(C)cc1. The number of halogens is 3. The van der Waals surface area contributed by atoms with Crippen molar-refractivity contribution < 1.29 is 26.4 Å². The fourth-order valence-electron chi connectivity index (χ4n) is 3.59. The van der Waals surface area contributed by atoms with Crippen LogP contribution in [0, 0.1) is 6.92 Å². The highest BCUT2D eigenvalue weighted by Gasteiger charge is 2.30. The second-order valence-corrected chi connectivity index (χ2v) is 10.8. The summed E-state index contributed by atoms with van der Waals surface area (Å²) in [6.45, 7) is 3.81. The van der Waals surface area contributed by atoms with Crippen LogP contribution >= 0.6 is 11.3 Å². The van der Waals surface area contributed by atoms with Crippen LogP contribution in [0.2, 0.25) is 0 Å². The molecule has 0 saturated heterocycles. The number of thiophene rings is 1. The molecule has 1 N–H and O–H groups in total. The molecule has 10 heteroatoms. The lowest BCUT2D eigenvalue weighted by molar-refractivity contribution is -0.137. The maximum absolute atomic E-state index is 13.2. The molecular formula is C25H21F3N2O3S2. The number of rotatable bonds is 6. The number of carbonyl (C=O) groups is 1. The first-order chi connectivity index (χ1) is 16.5. The van der Waals surface area contributed by atoms with E-state index in [4.69, 9.17) is 0 Å². The smallest absolute Gasteiger partial charge is 0.321 e. The highest BCUT2D eigenvalue weighted by Crippen LogP contribution is 2.33. The van der Waals surface area contributed by atoms with Gasteiger partial charge in [-0.15, -0.1) is 11.3 Å². The van der Waals surface area contributed by atoms with Crippen molar-refractivity contribution in [2.45, 2.75) is 24.9 Å². The summed E-state index contributed by atoms with van der Waals surface area (Å²) < 4.78 is 67.3. The third-order valence-electron chi connectivity index (χ3n) is 5.36. The summed E-state index contributed by atoms with van der Waals surface area (Å²) in [6.07, 6.45) is -4.52. The number of nitrogens with one attached hydrogen (secondary N) is 1. The van der Waals surface area contributed by atoms with Gasteiger partial charge in [-0.05, 0) is 73.8 Å². The zero-order valence-corrected chi connectivity index (χ0v) is 20.4. The van der Waals surface area contributed by atoms with Crippen LogP contribution in [-0.2, 0) is 16.2 Å². The number of anilines is 2. The van der Waals surface area contributed by atoms with Crippen molar-refractivity contribution in [3.8, 4) is 0 Å². The minimum Gasteiger partial charge on any atom is -0.321 e. The summed E-state index contributed by atoms with van der Waals surface area (Å²) in [5, 5.41) is 3.15. The Balaban J connectivity index is 1.61. The number of hydrogen-bond acceptors (Lipinski definition) is 4. The van der Waals surface area contributed by atoms with Gasteiger partial charge in [0.1, 0.15) is 0 Å². The summed E-state index contributed by atoms with van der Waals surface area (Å²) in [5.74, 6) is -0.549. The Morgan fingerprint density at radius 2 is 1.71 bits per heavy atom. The maximum atomic E-state index is 13.2. The second kappa shape index (κ2) is 9.35. The van der Waals surface area contributed by atoms with E-state index in [9.17, 15) is 26.4 Å². The molecule has 1 amide bonds. The predicted molar refractivity (Wildman–Crippen MR) is 133 cm³/mol. The molecule has 4 aromatic rings. The number of benzene rings is 3. The van der Waals surface area contributed by atoms with E-state index in [2.05, 4.69) is 5.32 Å². The Hall–Kier alpha value is -3.37. The van der Waals surface area contributed by atoms with E-state index in [1.165, 1.54) is 27.8 Å². The normalized spacial score (nSPS) is 12.0. The van der Waals surface area contributed by atoms with Crippen molar-refractivity contribution in [3.05, 3.63) is 88.8 Å². The largest absolute Gasteiger partial charge is 0.416 e. The quantitative estimate of drug-likeness (QED) is 0.309. The topological polar surface area (TPSA) is 66.5 Å². The maximum Gasteiger partial charge on any atom is 0.416 e. The fraction of sp³-hybridized carbons (Fsp3) is 0.160. The van der Waals surface area contributed by atoms with E-state index < -0.39 is 27.7 Å². The summed E-state index contributed by atoms with van der Waals surface area (Å²) in [5.41, 5.74) is 0.570. The van der Waals surface area contributed by atoms with Gasteiger partial charge in [0.2, 0.25) is 0 Å². The molecule has 0 unspecified atom stereocenters. The van der Waals surface area contributed by atoms with Gasteiger partial charge in [-0.3, -0.25) is 9.10 Å². The lowest BCUT2D eigenvalue weighted by atomic mass is 10.2. The molecule has 35 heavy (non-hydrogen) atoms. The summed E-state index contributed by atoms with van der Waals surface area (Å²) in [6, 6.07) is 17.7. The summed E-state index contributed by atoms with van der Waals surface area (Å²) in [4.78, 5) is 13.2. The molecule has 182 valence electrons. The number of aryl methyl sites for hydroxylation is 1. The first kappa shape index (κ1) is 24.7. The average Bonchev–Trinajstić information content (AvgIpc) is 3.23. The number of sulfonamides is 1. The number of nitrogens with zero attached hydrogens (tertiary/aromatic N) is 1. The van der Waals surface area contributed by atoms with Crippen LogP contribution < -0.4 is 9.62 Å². The van der Waals surface area contributed by atoms with Crippen molar-refractivity contribution in [2.75, 3.05) is 16.2 Å². The van der Waals surface area contributed by atoms with E-state index >= 15 is 0 Å². The van der Waals surface area contributed by atoms with Gasteiger partial charge >= 0.3 is 6.18 Å². The van der Waals surface area contributed by atoms with E-state index in [1.807, 2.05) is 6.92 Å². The molecule has 0 bridgehead atoms. The van der Waals surface area contributed by atoms with Gasteiger partial charge in [-0.1, -0.05) is 23.8 Å². The molecule has 1 heterocycles. The molecule has 0 atom stereocenters. The second-order valence-electron chi connectivity index (χ2n) is 7.85. The third-order valence-corrected chi connectivity index (χ3v) is 8.39. The Morgan fingerprint density at radius 1 is 1.00 bits per heavy atom. The van der Waals surface area contributed by atoms with Gasteiger partial charge in [0.15, 0.2) is 0 Å². The van der Waals surface area contributed by atoms with Gasteiger partial charge in [0.25, 0.3) is 15.9 Å². The van der Waals surface area contributed by atoms with Crippen molar-refractivity contribution in [3.63, 3.8) is 0 Å². The van der Waals surface area contributed by atoms with Gasteiger partial charge in [-0.2, -0.15) is 13.2 Å². The van der Waals surface area contributed by atoms with Crippen LogP contribution in [-0.4, -0.2) is 20.9 Å². The van der Waals surface area contributed by atoms with Crippen LogP contribution in [0.5, 0.6) is 0 Å². The molecule has 0 aliphatic heterocycles. The van der Waals surface area contributed by atoms with Crippen LogP contribution in [0.1, 0.15) is 27.7 Å². The minimum absolute atomic E-state index is 0.0318. The zero-order chi connectivity index (χ0) is 25.4. The fourth-order valence-corrected chi connectivity index (χ4v) is 6.00. The summed E-state index contributed by atoms with van der Waals surface area (Å²) >= 11 is 1.17. The van der Waals surface area contributed by atoms with Gasteiger partial charge in [0.05, 0.1) is 21.0 Å². The lowest BCUT2D eigenvalue weighted by Gasteiger charge is -2.23. The molecular weight excluding hydrogens is 497 g/mol. The average molecular weight is 519 g/mol. The molecule has 4 rings (SSSR count). The molecule has 1 aromatic heterocycles. The standard InChI is InChI=1S/C25H21F3N2O3S2/c1-3-30(35(32,33)21-10-7-16(2)8-11-21)20-9-12-22-17(13-20)14-23(34-22)24(31)29-19-6-4-5-18(15-19)25(26,27)28/h4-15H,3H2,1-2H3,(H,29,31). The molecule has 0 fully saturated rings. The number of alkyl halides is 3. The Kier molecular flexibility index (Phi) is 6.61.